The summed E-state index contributed by atoms with van der Waals surface area (Å²) in [5.74, 6) is -1.71. The molecule has 1 aromatic rings. The molecule has 84 valence electrons. The summed E-state index contributed by atoms with van der Waals surface area (Å²) in [7, 11) is -2.18. The van der Waals surface area contributed by atoms with Crippen LogP contribution in [0.3, 0.4) is 0 Å². The van der Waals surface area contributed by atoms with Crippen LogP contribution in [0.25, 0.3) is 0 Å². The van der Waals surface area contributed by atoms with Gasteiger partial charge in [-0.1, -0.05) is 0 Å². The topological polar surface area (TPSA) is 130 Å². The maximum absolute atomic E-state index is 10.6. The zero-order valence-corrected chi connectivity index (χ0v) is 7.73. The van der Waals surface area contributed by atoms with Gasteiger partial charge in [0, 0.05) is 6.07 Å². The highest BCUT2D eigenvalue weighted by molar-refractivity contribution is 6.33. The van der Waals surface area contributed by atoms with Gasteiger partial charge in [-0.2, -0.15) is 0 Å². The molecule has 16 heavy (non-hydrogen) atoms. The van der Waals surface area contributed by atoms with Crippen LogP contribution in [-0.4, -0.2) is 33.4 Å². The van der Waals surface area contributed by atoms with E-state index in [-0.39, 0.29) is 11.3 Å². The number of nitrogens with zero attached hydrogens (tertiary/aromatic N) is 1. The highest BCUT2D eigenvalue weighted by atomic mass is 16.6. The number of non-ortho nitro benzene ring substituents is 1. The second kappa shape index (κ2) is 4.60. The molecule has 0 aliphatic rings. The highest BCUT2D eigenvalue weighted by Gasteiger charge is 2.18. The SMILES string of the molecule is O=C(O)c1cc(OB(O)O)cc([N+](=O)[O-])c1. The number of rotatable bonds is 4. The summed E-state index contributed by atoms with van der Waals surface area (Å²) in [4.78, 5) is 20.2. The van der Waals surface area contributed by atoms with Gasteiger partial charge >= 0.3 is 13.3 Å². The van der Waals surface area contributed by atoms with Crippen molar-refractivity contribution in [2.24, 2.45) is 0 Å². The van der Waals surface area contributed by atoms with Crippen LogP contribution in [0, 0.1) is 10.1 Å². The first-order valence-electron chi connectivity index (χ1n) is 3.95. The van der Waals surface area contributed by atoms with Crippen LogP contribution in [0.4, 0.5) is 5.69 Å². The quantitative estimate of drug-likeness (QED) is 0.363. The molecule has 0 saturated heterocycles. The average molecular weight is 227 g/mol. The summed E-state index contributed by atoms with van der Waals surface area (Å²) in [5, 5.41) is 36.1. The van der Waals surface area contributed by atoms with Crippen LogP contribution in [0.15, 0.2) is 18.2 Å². The van der Waals surface area contributed by atoms with E-state index in [9.17, 15) is 14.9 Å². The lowest BCUT2D eigenvalue weighted by Gasteiger charge is -2.05. The van der Waals surface area contributed by atoms with Gasteiger partial charge < -0.3 is 19.8 Å². The number of nitro benzene ring substituents is 1. The van der Waals surface area contributed by atoms with Gasteiger partial charge in [0.15, 0.2) is 0 Å². The normalized spacial score (nSPS) is 9.62. The van der Waals surface area contributed by atoms with Gasteiger partial charge in [-0.15, -0.1) is 0 Å². The number of carbonyl (C=O) groups is 1. The van der Waals surface area contributed by atoms with E-state index in [2.05, 4.69) is 4.65 Å². The Hall–Kier alpha value is -2.13. The lowest BCUT2D eigenvalue weighted by Crippen LogP contribution is -2.20. The second-order valence-electron chi connectivity index (χ2n) is 2.72. The van der Waals surface area contributed by atoms with Gasteiger partial charge in [0.2, 0.25) is 0 Å². The molecule has 0 spiro atoms. The van der Waals surface area contributed by atoms with Gasteiger partial charge in [0.05, 0.1) is 16.6 Å². The van der Waals surface area contributed by atoms with Crippen molar-refractivity contribution in [2.45, 2.75) is 0 Å². The fourth-order valence-corrected chi connectivity index (χ4v) is 1.00. The lowest BCUT2D eigenvalue weighted by molar-refractivity contribution is -0.384. The predicted octanol–water partition coefficient (Wildman–Crippen LogP) is -0.359. The molecule has 1 rings (SSSR count). The molecule has 1 aromatic carbocycles. The van der Waals surface area contributed by atoms with E-state index in [4.69, 9.17) is 15.2 Å². The van der Waals surface area contributed by atoms with Gasteiger partial charge in [-0.05, 0) is 6.07 Å². The van der Waals surface area contributed by atoms with Gasteiger partial charge in [0.1, 0.15) is 5.75 Å². The highest BCUT2D eigenvalue weighted by Crippen LogP contribution is 2.22. The number of carboxylic acids is 1. The van der Waals surface area contributed by atoms with Gasteiger partial charge in [-0.25, -0.2) is 4.79 Å². The van der Waals surface area contributed by atoms with Gasteiger partial charge in [-0.3, -0.25) is 10.1 Å². The van der Waals surface area contributed by atoms with E-state index in [0.717, 1.165) is 18.2 Å². The first-order chi connectivity index (χ1) is 7.40. The van der Waals surface area contributed by atoms with Crippen molar-refractivity contribution in [3.05, 3.63) is 33.9 Å². The largest absolute Gasteiger partial charge is 0.707 e. The average Bonchev–Trinajstić information content (AvgIpc) is 2.15. The van der Waals surface area contributed by atoms with Crippen molar-refractivity contribution < 1.29 is 29.5 Å². The molecule has 0 radical (unpaired) electrons. The van der Waals surface area contributed by atoms with Crippen molar-refractivity contribution >= 4 is 19.0 Å². The summed E-state index contributed by atoms with van der Waals surface area (Å²) in [6.07, 6.45) is 0. The molecule has 0 aliphatic heterocycles. The van der Waals surface area contributed by atoms with Crippen molar-refractivity contribution in [3.8, 4) is 5.75 Å². The summed E-state index contributed by atoms with van der Waals surface area (Å²) < 4.78 is 4.34. The third-order valence-electron chi connectivity index (χ3n) is 1.59. The zero-order chi connectivity index (χ0) is 12.3. The molecule has 9 heteroatoms. The van der Waals surface area contributed by atoms with Crippen LogP contribution in [0.5, 0.6) is 5.75 Å². The van der Waals surface area contributed by atoms with E-state index < -0.39 is 23.9 Å². The number of aromatic carboxylic acids is 1. The van der Waals surface area contributed by atoms with Crippen LogP contribution in [0.1, 0.15) is 10.4 Å². The van der Waals surface area contributed by atoms with E-state index in [1.807, 2.05) is 0 Å². The Kier molecular flexibility index (Phi) is 3.43. The van der Waals surface area contributed by atoms with E-state index in [1.165, 1.54) is 0 Å². The molecule has 0 aliphatic carbocycles. The van der Waals surface area contributed by atoms with Gasteiger partial charge in [0.25, 0.3) is 5.69 Å². The molecule has 0 heterocycles. The predicted molar refractivity (Wildman–Crippen MR) is 50.9 cm³/mol. The zero-order valence-electron chi connectivity index (χ0n) is 7.73. The first-order valence-corrected chi connectivity index (χ1v) is 3.95. The van der Waals surface area contributed by atoms with E-state index in [1.54, 1.807) is 0 Å². The summed E-state index contributed by atoms with van der Waals surface area (Å²) >= 11 is 0. The molecule has 0 unspecified atom stereocenters. The Morgan fingerprint density at radius 2 is 2.00 bits per heavy atom. The third kappa shape index (κ3) is 2.93. The Labute approximate surface area is 89.0 Å². The molecule has 0 atom stereocenters. The molecule has 0 bridgehead atoms. The Morgan fingerprint density at radius 1 is 1.38 bits per heavy atom. The van der Waals surface area contributed by atoms with Crippen LogP contribution in [-0.2, 0) is 0 Å². The minimum absolute atomic E-state index is 0.318. The molecule has 0 aromatic heterocycles. The number of carboxylic acid groups (broad SMARTS) is 1. The maximum atomic E-state index is 10.6. The van der Waals surface area contributed by atoms with Crippen molar-refractivity contribution in [1.82, 2.24) is 0 Å². The fourth-order valence-electron chi connectivity index (χ4n) is 1.00. The molecule has 8 nitrogen and oxygen atoms in total. The second-order valence-corrected chi connectivity index (χ2v) is 2.72. The van der Waals surface area contributed by atoms with Crippen molar-refractivity contribution in [1.29, 1.82) is 0 Å². The number of hydrogen-bond donors (Lipinski definition) is 3. The monoisotopic (exact) mass is 227 g/mol. The lowest BCUT2D eigenvalue weighted by atomic mass is 10.1. The number of nitro groups is 1. The third-order valence-corrected chi connectivity index (χ3v) is 1.59. The standard InChI is InChI=1S/C7H6BNO7/c10-7(11)4-1-5(9(14)15)3-6(2-4)16-8(12)13/h1-3,12-13H,(H,10,11). The Balaban J connectivity index is 3.18. The van der Waals surface area contributed by atoms with E-state index in [0.29, 0.717) is 0 Å². The van der Waals surface area contributed by atoms with Crippen LogP contribution < -0.4 is 4.65 Å². The summed E-state index contributed by atoms with van der Waals surface area (Å²) in [6.45, 7) is 0. The molecule has 0 saturated carbocycles. The molecular formula is C7H6BNO7. The summed E-state index contributed by atoms with van der Waals surface area (Å²) in [5.41, 5.74) is -0.902. The van der Waals surface area contributed by atoms with Crippen LogP contribution >= 0.6 is 0 Å². The minimum atomic E-state index is -2.18. The Bertz CT molecular complexity index is 400. The number of hydrogen-bond acceptors (Lipinski definition) is 6. The molecular weight excluding hydrogens is 221 g/mol. The van der Waals surface area contributed by atoms with E-state index >= 15 is 0 Å². The molecule has 0 fully saturated rings. The van der Waals surface area contributed by atoms with Crippen molar-refractivity contribution in [2.75, 3.05) is 0 Å². The number of benzene rings is 1. The molecule has 3 N–H and O–H groups in total. The fraction of sp³-hybridized carbons (Fsp3) is 0. The maximum Gasteiger partial charge on any atom is 0.707 e. The minimum Gasteiger partial charge on any atom is -0.512 e. The Morgan fingerprint density at radius 3 is 2.44 bits per heavy atom. The molecule has 0 amide bonds. The summed E-state index contributed by atoms with van der Waals surface area (Å²) in [6, 6.07) is 2.65. The smallest absolute Gasteiger partial charge is 0.512 e. The van der Waals surface area contributed by atoms with Crippen molar-refractivity contribution in [3.63, 3.8) is 0 Å². The first kappa shape index (κ1) is 11.9. The van der Waals surface area contributed by atoms with Crippen LogP contribution in [0.2, 0.25) is 0 Å².